The second-order valence-corrected chi connectivity index (χ2v) is 12.9. The van der Waals surface area contributed by atoms with E-state index in [9.17, 15) is 9.90 Å². The van der Waals surface area contributed by atoms with Crippen LogP contribution in [-0.2, 0) is 4.74 Å². The first-order valence-electron chi connectivity index (χ1n) is 7.24. The molecule has 0 unspecified atom stereocenters. The van der Waals surface area contributed by atoms with E-state index >= 15 is 0 Å². The molecule has 0 spiro atoms. The minimum atomic E-state index is -1.22. The molecule has 126 valence electrons. The van der Waals surface area contributed by atoms with Crippen molar-refractivity contribution in [3.8, 4) is 0 Å². The number of nitrogens with one attached hydrogen (secondary N) is 1. The number of nitrogens with zero attached hydrogens (tertiary/aromatic N) is 1. The molecule has 0 aliphatic rings. The van der Waals surface area contributed by atoms with Gasteiger partial charge in [-0.3, -0.25) is 4.90 Å². The number of H-pyrrole nitrogens is 1. The van der Waals surface area contributed by atoms with Crippen LogP contribution < -0.4 is 4.90 Å². The molecule has 1 heterocycles. The van der Waals surface area contributed by atoms with Gasteiger partial charge < -0.3 is 14.8 Å². The zero-order chi connectivity index (χ0) is 17.2. The lowest BCUT2D eigenvalue weighted by Gasteiger charge is -2.22. The van der Waals surface area contributed by atoms with Crippen molar-refractivity contribution < 1.29 is 14.6 Å². The Morgan fingerprint density at radius 3 is 2.70 bits per heavy atom. The summed E-state index contributed by atoms with van der Waals surface area (Å²) in [5.74, 6) is 0. The van der Waals surface area contributed by atoms with Gasteiger partial charge in [0, 0.05) is 26.3 Å². The van der Waals surface area contributed by atoms with Crippen LogP contribution in [0.4, 0.5) is 10.5 Å². The fourth-order valence-corrected chi connectivity index (χ4v) is 3.30. The van der Waals surface area contributed by atoms with Crippen molar-refractivity contribution in [3.05, 3.63) is 28.4 Å². The molecule has 0 radical (unpaired) electrons. The Labute approximate surface area is 146 Å². The summed E-state index contributed by atoms with van der Waals surface area (Å²) in [6.07, 6.45) is 0.599. The van der Waals surface area contributed by atoms with Crippen LogP contribution in [0.3, 0.4) is 0 Å². The molecule has 0 fully saturated rings. The van der Waals surface area contributed by atoms with Gasteiger partial charge in [0.1, 0.15) is 6.73 Å². The third-order valence-corrected chi connectivity index (χ3v) is 5.95. The molecule has 23 heavy (non-hydrogen) atoms. The van der Waals surface area contributed by atoms with E-state index in [0.717, 1.165) is 10.9 Å². The largest absolute Gasteiger partial charge is 0.465 e. The highest BCUT2D eigenvalue weighted by Crippen LogP contribution is 2.37. The zero-order valence-electron chi connectivity index (χ0n) is 13.3. The van der Waals surface area contributed by atoms with Crippen molar-refractivity contribution in [2.45, 2.75) is 25.7 Å². The number of hydrogen-bond acceptors (Lipinski definition) is 2. The molecule has 5 nitrogen and oxygen atoms in total. The van der Waals surface area contributed by atoms with Gasteiger partial charge >= 0.3 is 6.09 Å². The van der Waals surface area contributed by atoms with Crippen LogP contribution >= 0.6 is 23.2 Å². The molecule has 8 heteroatoms. The summed E-state index contributed by atoms with van der Waals surface area (Å²) in [6, 6.07) is 4.29. The van der Waals surface area contributed by atoms with Crippen molar-refractivity contribution in [2.75, 3.05) is 18.2 Å². The maximum atomic E-state index is 11.6. The predicted molar refractivity (Wildman–Crippen MR) is 97.8 cm³/mol. The molecule has 2 rings (SSSR count). The lowest BCUT2D eigenvalue weighted by molar-refractivity contribution is 0.137. The third-order valence-electron chi connectivity index (χ3n) is 3.45. The number of benzene rings is 1. The number of carbonyl (C=O) groups is 1. The lowest BCUT2D eigenvalue weighted by atomic mass is 10.2. The van der Waals surface area contributed by atoms with Crippen LogP contribution in [0.1, 0.15) is 0 Å². The first-order chi connectivity index (χ1) is 10.7. The standard InChI is InChI=1S/C15H20Cl2N2O3Si/c1-23(2,3)7-6-22-9-19(15(20)21)12-8-11(16)13(17)14-10(12)4-5-18-14/h4-5,8,18H,6-7,9H2,1-3H3,(H,20,21). The average molecular weight is 375 g/mol. The maximum Gasteiger partial charge on any atom is 0.413 e. The summed E-state index contributed by atoms with van der Waals surface area (Å²) in [4.78, 5) is 15.7. The fraction of sp³-hybridized carbons (Fsp3) is 0.400. The van der Waals surface area contributed by atoms with Crippen molar-refractivity contribution in [2.24, 2.45) is 0 Å². The summed E-state index contributed by atoms with van der Waals surface area (Å²) in [6.45, 7) is 7.23. The second-order valence-electron chi connectivity index (χ2n) is 6.52. The van der Waals surface area contributed by atoms with Crippen molar-refractivity contribution in [3.63, 3.8) is 0 Å². The molecule has 0 bridgehead atoms. The minimum Gasteiger partial charge on any atom is -0.465 e. The van der Waals surface area contributed by atoms with Crippen LogP contribution in [0.15, 0.2) is 18.3 Å². The molecule has 0 atom stereocenters. The van der Waals surface area contributed by atoms with Crippen molar-refractivity contribution in [1.29, 1.82) is 0 Å². The fourth-order valence-electron chi connectivity index (χ4n) is 2.13. The van der Waals surface area contributed by atoms with Crippen LogP contribution in [0.5, 0.6) is 0 Å². The van der Waals surface area contributed by atoms with Gasteiger partial charge in [0.15, 0.2) is 0 Å². The number of anilines is 1. The van der Waals surface area contributed by atoms with Gasteiger partial charge in [-0.05, 0) is 18.2 Å². The number of rotatable bonds is 6. The Bertz CT molecular complexity index is 713. The van der Waals surface area contributed by atoms with E-state index in [1.54, 1.807) is 18.3 Å². The topological polar surface area (TPSA) is 65.6 Å². The van der Waals surface area contributed by atoms with E-state index < -0.39 is 14.2 Å². The molecule has 0 saturated heterocycles. The van der Waals surface area contributed by atoms with Crippen LogP contribution in [0, 0.1) is 0 Å². The second kappa shape index (κ2) is 7.13. The highest BCUT2D eigenvalue weighted by Gasteiger charge is 2.21. The van der Waals surface area contributed by atoms with Gasteiger partial charge in [-0.15, -0.1) is 0 Å². The van der Waals surface area contributed by atoms with E-state index in [0.29, 0.717) is 33.2 Å². The monoisotopic (exact) mass is 374 g/mol. The Balaban J connectivity index is 2.23. The first kappa shape index (κ1) is 18.1. The minimum absolute atomic E-state index is 0.0436. The summed E-state index contributed by atoms with van der Waals surface area (Å²) in [5, 5.41) is 10.9. The average Bonchev–Trinajstić information content (AvgIpc) is 2.91. The van der Waals surface area contributed by atoms with Gasteiger partial charge in [0.2, 0.25) is 0 Å². The molecule has 0 saturated carbocycles. The number of halogens is 2. The van der Waals surface area contributed by atoms with E-state index in [-0.39, 0.29) is 6.73 Å². The summed E-state index contributed by atoms with van der Waals surface area (Å²) < 4.78 is 5.58. The normalized spacial score (nSPS) is 11.9. The number of aromatic amines is 1. The number of carboxylic acid groups (broad SMARTS) is 1. The lowest BCUT2D eigenvalue weighted by Crippen LogP contribution is -2.33. The zero-order valence-corrected chi connectivity index (χ0v) is 15.8. The smallest absolute Gasteiger partial charge is 0.413 e. The van der Waals surface area contributed by atoms with Gasteiger partial charge in [-0.1, -0.05) is 42.8 Å². The predicted octanol–water partition coefficient (Wildman–Crippen LogP) is 5.27. The van der Waals surface area contributed by atoms with E-state index in [1.165, 1.54) is 0 Å². The Morgan fingerprint density at radius 1 is 1.39 bits per heavy atom. The molecule has 0 aliphatic carbocycles. The molecular formula is C15H20Cl2N2O3Si. The molecule has 1 aromatic carbocycles. The van der Waals surface area contributed by atoms with Gasteiger partial charge in [0.05, 0.1) is 21.2 Å². The van der Waals surface area contributed by atoms with E-state index in [4.69, 9.17) is 27.9 Å². The van der Waals surface area contributed by atoms with Crippen LogP contribution in [0.2, 0.25) is 35.7 Å². The van der Waals surface area contributed by atoms with Crippen molar-refractivity contribution >= 4 is 54.0 Å². The highest BCUT2D eigenvalue weighted by molar-refractivity contribution is 6.76. The molecule has 2 aromatic rings. The number of hydrogen-bond donors (Lipinski definition) is 2. The maximum absolute atomic E-state index is 11.6. The quantitative estimate of drug-likeness (QED) is 0.411. The molecule has 1 amide bonds. The van der Waals surface area contributed by atoms with E-state index in [1.807, 2.05) is 0 Å². The Kier molecular flexibility index (Phi) is 5.62. The first-order valence-corrected chi connectivity index (χ1v) is 11.7. The number of ether oxygens (including phenoxy) is 1. The SMILES string of the molecule is C[Si](C)(C)CCOCN(C(=O)O)c1cc(Cl)c(Cl)c2[nH]ccc12. The molecule has 2 N–H and O–H groups in total. The summed E-state index contributed by atoms with van der Waals surface area (Å²) in [7, 11) is -1.22. The summed E-state index contributed by atoms with van der Waals surface area (Å²) >= 11 is 12.3. The Morgan fingerprint density at radius 2 is 2.09 bits per heavy atom. The van der Waals surface area contributed by atoms with Crippen LogP contribution in [-0.4, -0.2) is 37.6 Å². The molecule has 0 aliphatic heterocycles. The van der Waals surface area contributed by atoms with Gasteiger partial charge in [-0.2, -0.15) is 0 Å². The third kappa shape index (κ3) is 4.41. The van der Waals surface area contributed by atoms with E-state index in [2.05, 4.69) is 24.6 Å². The highest BCUT2D eigenvalue weighted by atomic mass is 35.5. The van der Waals surface area contributed by atoms with Gasteiger partial charge in [0.25, 0.3) is 0 Å². The molecular weight excluding hydrogens is 355 g/mol. The Hall–Kier alpha value is -1.21. The van der Waals surface area contributed by atoms with Crippen LogP contribution in [0.25, 0.3) is 10.9 Å². The molecule has 1 aromatic heterocycles. The van der Waals surface area contributed by atoms with Crippen molar-refractivity contribution in [1.82, 2.24) is 4.98 Å². The summed E-state index contributed by atoms with van der Waals surface area (Å²) in [5.41, 5.74) is 1.07. The van der Waals surface area contributed by atoms with Gasteiger partial charge in [-0.25, -0.2) is 4.79 Å². The number of amides is 1. The number of aromatic nitrogens is 1. The number of fused-ring (bicyclic) bond motifs is 1.